The molecular weight excluding hydrogens is 974 g/mol. The molecule has 31 heteroatoms. The zero-order valence-corrected chi connectivity index (χ0v) is 38.5. The van der Waals surface area contributed by atoms with E-state index in [0.29, 0.717) is 0 Å². The summed E-state index contributed by atoms with van der Waals surface area (Å²) in [7, 11) is 0. The molecule has 31 nitrogen and oxygen atoms in total. The molecule has 6 aliphatic rings. The number of carboxylic acid groups (broad SMARTS) is 1. The van der Waals surface area contributed by atoms with Crippen molar-refractivity contribution in [3.63, 3.8) is 0 Å². The van der Waals surface area contributed by atoms with Crippen molar-refractivity contribution in [3.05, 3.63) is 0 Å². The summed E-state index contributed by atoms with van der Waals surface area (Å²) in [5.74, 6) is -1.78. The van der Waals surface area contributed by atoms with Gasteiger partial charge in [0.05, 0.1) is 51.3 Å². The van der Waals surface area contributed by atoms with Crippen LogP contribution < -0.4 is 5.73 Å². The van der Waals surface area contributed by atoms with Crippen molar-refractivity contribution in [1.82, 2.24) is 0 Å². The van der Waals surface area contributed by atoms with Crippen LogP contribution in [0.4, 0.5) is 0 Å². The molecule has 6 fully saturated rings. The van der Waals surface area contributed by atoms with Crippen molar-refractivity contribution in [1.29, 1.82) is 0 Å². The zero-order valence-electron chi connectivity index (χ0n) is 38.5. The van der Waals surface area contributed by atoms with Gasteiger partial charge < -0.3 is 149 Å². The van der Waals surface area contributed by atoms with E-state index in [1.807, 2.05) is 0 Å². The molecule has 12 unspecified atom stereocenters. The highest BCUT2D eigenvalue weighted by molar-refractivity contribution is 5.73. The maximum atomic E-state index is 13.2. The van der Waals surface area contributed by atoms with Crippen LogP contribution in [0, 0.1) is 0 Å². The van der Waals surface area contributed by atoms with Crippen LogP contribution in [0.25, 0.3) is 0 Å². The highest BCUT2D eigenvalue weighted by Gasteiger charge is 2.67. The fourth-order valence-electron chi connectivity index (χ4n) is 9.12. The molecule has 0 saturated carbocycles. The van der Waals surface area contributed by atoms with Crippen molar-refractivity contribution in [2.45, 2.75) is 204 Å². The number of aliphatic hydroxyl groups excluding tert-OH is 15. The van der Waals surface area contributed by atoms with Crippen molar-refractivity contribution in [2.24, 2.45) is 5.73 Å². The first-order valence-electron chi connectivity index (χ1n) is 22.9. The Balaban J connectivity index is 1.33. The van der Waals surface area contributed by atoms with Gasteiger partial charge in [-0.2, -0.15) is 0 Å². The standard InChI is InChI=1S/C40H69NO30/c1-10-15(43)19(47)26(54)37(64-10)68-29-13(8-42)67-38(27(55)23(29)51)71-32-17(45)12(3)65-39(70-30-16(44)11(2)63-36(28(30)56)61-7-6-60-5-4-41)40(32,59)33-24(52)20(48)18(46)14(66-33)9-62-35-25(53)21(49)22(50)31(69-35)34(57)58/h10-33,35-39,42-56,59H,4-9,41H2,1-3H3,(H,57,58)/t10?,11?,12?,13?,14?,15-,16-,17-,18+,19-,20-,21-,22-,23+,24?,25?,26?,27?,28?,29+,30-,31?,32-,33-,35-,36+,37+,38-,39-,40?/m0/s1. The number of rotatable bonds is 18. The molecule has 6 saturated heterocycles. The van der Waals surface area contributed by atoms with Crippen LogP contribution in [0.2, 0.25) is 0 Å². The van der Waals surface area contributed by atoms with Crippen LogP contribution in [0.5, 0.6) is 0 Å². The Morgan fingerprint density at radius 3 is 1.72 bits per heavy atom. The van der Waals surface area contributed by atoms with Gasteiger partial charge in [-0.05, 0) is 20.8 Å². The zero-order chi connectivity index (χ0) is 52.5. The second-order valence-electron chi connectivity index (χ2n) is 18.3. The van der Waals surface area contributed by atoms with E-state index in [1.54, 1.807) is 0 Å². The number of nitrogens with two attached hydrogens (primary N) is 1. The summed E-state index contributed by atoms with van der Waals surface area (Å²) in [5, 5.41) is 187. The molecule has 19 N–H and O–H groups in total. The Hall–Kier alpha value is -1.69. The van der Waals surface area contributed by atoms with E-state index in [-0.39, 0.29) is 26.4 Å². The predicted octanol–water partition coefficient (Wildman–Crippen LogP) is -11.5. The number of carboxylic acids is 1. The van der Waals surface area contributed by atoms with Gasteiger partial charge in [-0.3, -0.25) is 0 Å². The third kappa shape index (κ3) is 12.0. The van der Waals surface area contributed by atoms with E-state index < -0.39 is 203 Å². The topological polar surface area (TPSA) is 498 Å². The summed E-state index contributed by atoms with van der Waals surface area (Å²) in [6.07, 6.45) is -57.5. The highest BCUT2D eigenvalue weighted by Crippen LogP contribution is 2.44. The average Bonchev–Trinajstić information content (AvgIpc) is 3.33. The Bertz CT molecular complexity index is 1680. The lowest BCUT2D eigenvalue weighted by Crippen LogP contribution is -2.78. The molecule has 0 aromatic heterocycles. The number of carbonyl (C=O) groups is 1. The first kappa shape index (κ1) is 58.6. The Morgan fingerprint density at radius 2 is 1.07 bits per heavy atom. The molecule has 0 spiro atoms. The molecule has 6 heterocycles. The second-order valence-corrected chi connectivity index (χ2v) is 18.3. The molecule has 0 aromatic rings. The molecule has 6 aliphatic heterocycles. The van der Waals surface area contributed by atoms with Crippen LogP contribution in [0.15, 0.2) is 0 Å². The highest BCUT2D eigenvalue weighted by atomic mass is 16.8. The number of hydrogen-bond acceptors (Lipinski definition) is 30. The molecule has 6 rings (SSSR count). The second kappa shape index (κ2) is 24.5. The van der Waals surface area contributed by atoms with Gasteiger partial charge in [0.15, 0.2) is 43.2 Å². The molecule has 0 bridgehead atoms. The van der Waals surface area contributed by atoms with Crippen LogP contribution in [0.3, 0.4) is 0 Å². The van der Waals surface area contributed by atoms with E-state index in [0.717, 1.165) is 0 Å². The van der Waals surface area contributed by atoms with E-state index in [2.05, 4.69) is 0 Å². The fourth-order valence-corrected chi connectivity index (χ4v) is 9.12. The van der Waals surface area contributed by atoms with Crippen LogP contribution in [0.1, 0.15) is 20.8 Å². The Morgan fingerprint density at radius 1 is 0.507 bits per heavy atom. The van der Waals surface area contributed by atoms with E-state index in [1.165, 1.54) is 20.8 Å². The Labute approximate surface area is 403 Å². The molecule has 0 radical (unpaired) electrons. The van der Waals surface area contributed by atoms with E-state index in [4.69, 9.17) is 62.6 Å². The molecule has 414 valence electrons. The molecule has 71 heavy (non-hydrogen) atoms. The van der Waals surface area contributed by atoms with Crippen molar-refractivity contribution >= 4 is 5.97 Å². The van der Waals surface area contributed by atoms with Gasteiger partial charge >= 0.3 is 5.97 Å². The quantitative estimate of drug-likeness (QED) is 0.0567. The minimum absolute atomic E-state index is 0.0206. The van der Waals surface area contributed by atoms with E-state index >= 15 is 0 Å². The van der Waals surface area contributed by atoms with Crippen molar-refractivity contribution < 1.29 is 148 Å². The summed E-state index contributed by atoms with van der Waals surface area (Å²) in [6.45, 7) is 1.96. The maximum absolute atomic E-state index is 13.2. The smallest absolute Gasteiger partial charge is 0.335 e. The predicted molar refractivity (Wildman–Crippen MR) is 219 cm³/mol. The first-order chi connectivity index (χ1) is 33.4. The van der Waals surface area contributed by atoms with Gasteiger partial charge in [-0.25, -0.2) is 4.79 Å². The van der Waals surface area contributed by atoms with Gasteiger partial charge in [-0.15, -0.1) is 0 Å². The van der Waals surface area contributed by atoms with Crippen LogP contribution in [-0.2, 0) is 61.6 Å². The van der Waals surface area contributed by atoms with Crippen molar-refractivity contribution in [2.75, 3.05) is 39.6 Å². The maximum Gasteiger partial charge on any atom is 0.335 e. The number of ether oxygens (including phenoxy) is 12. The first-order valence-corrected chi connectivity index (χ1v) is 22.9. The monoisotopic (exact) mass is 1040 g/mol. The molecule has 0 amide bonds. The lowest BCUT2D eigenvalue weighted by molar-refractivity contribution is -0.428. The van der Waals surface area contributed by atoms with Crippen molar-refractivity contribution in [3.8, 4) is 0 Å². The SMILES string of the molecule is CC1O[C@H](O[C@@H]2C(CO)O[C@@H](O[C@H]3[C@@H](O)C(C)O[C@@H](O[C@@H]4C(O)[C@H](OCCOCCN)OC(C)[C@@H]4O)C3(O)[C@H]3OC(CO[C@H]4OC(C(=O)O)[C@@H](O)[C@H](O)C4O)[C@@H](O)[C@H](O)C3O)C(O)[C@H]2O)C(O)[C@@H](O)[C@H]1O. The summed E-state index contributed by atoms with van der Waals surface area (Å²) in [6, 6.07) is 0. The van der Waals surface area contributed by atoms with Crippen LogP contribution >= 0.6 is 0 Å². The third-order valence-corrected chi connectivity index (χ3v) is 13.4. The van der Waals surface area contributed by atoms with Gasteiger partial charge in [-0.1, -0.05) is 0 Å². The van der Waals surface area contributed by atoms with Gasteiger partial charge in [0, 0.05) is 6.54 Å². The number of aliphatic hydroxyl groups is 16. The average molecular weight is 1040 g/mol. The third-order valence-electron chi connectivity index (χ3n) is 13.4. The molecule has 0 aliphatic carbocycles. The van der Waals surface area contributed by atoms with Crippen LogP contribution in [-0.4, -0.2) is 316 Å². The molecular formula is C40H69NO30. The minimum Gasteiger partial charge on any atom is -0.479 e. The number of aliphatic carboxylic acids is 1. The van der Waals surface area contributed by atoms with Gasteiger partial charge in [0.25, 0.3) is 0 Å². The lowest BCUT2D eigenvalue weighted by atomic mass is 9.76. The van der Waals surface area contributed by atoms with E-state index in [9.17, 15) is 91.6 Å². The summed E-state index contributed by atoms with van der Waals surface area (Å²) in [4.78, 5) is 11.7. The summed E-state index contributed by atoms with van der Waals surface area (Å²) >= 11 is 0. The normalized spacial score (nSPS) is 52.0. The van der Waals surface area contributed by atoms with Gasteiger partial charge in [0.1, 0.15) is 122 Å². The largest absolute Gasteiger partial charge is 0.479 e. The fraction of sp³-hybridized carbons (Fsp3) is 0.975. The van der Waals surface area contributed by atoms with Gasteiger partial charge in [0.2, 0.25) is 0 Å². The lowest BCUT2D eigenvalue weighted by Gasteiger charge is -2.57. The molecule has 30 atom stereocenters. The summed E-state index contributed by atoms with van der Waals surface area (Å²) in [5.41, 5.74) is 2.10. The molecule has 0 aromatic carbocycles. The Kier molecular flexibility index (Phi) is 20.2. The number of hydrogen-bond donors (Lipinski definition) is 18. The summed E-state index contributed by atoms with van der Waals surface area (Å²) < 4.78 is 68.0. The minimum atomic E-state index is -3.35.